The molecule has 0 aliphatic heterocycles. The minimum Gasteiger partial charge on any atom is -0.493 e. The van der Waals surface area contributed by atoms with Gasteiger partial charge in [-0.25, -0.2) is 5.43 Å². The molecule has 1 N–H and O–H groups in total. The molecule has 0 unspecified atom stereocenters. The first-order valence-corrected chi connectivity index (χ1v) is 8.37. The summed E-state index contributed by atoms with van der Waals surface area (Å²) in [5.41, 5.74) is 4.34. The number of para-hydroxylation sites is 2. The summed E-state index contributed by atoms with van der Waals surface area (Å²) in [4.78, 5) is 11.9. The van der Waals surface area contributed by atoms with Crippen LogP contribution in [0.2, 0.25) is 0 Å². The fraction of sp³-hybridized carbons (Fsp3) is 0.300. The average molecular weight is 340 g/mol. The molecule has 132 valence electrons. The van der Waals surface area contributed by atoms with Crippen molar-refractivity contribution in [2.75, 3.05) is 13.2 Å². The van der Waals surface area contributed by atoms with Crippen molar-refractivity contribution in [3.05, 3.63) is 59.7 Å². The van der Waals surface area contributed by atoms with Crippen molar-refractivity contribution in [2.24, 2.45) is 5.10 Å². The highest BCUT2D eigenvalue weighted by atomic mass is 16.5. The van der Waals surface area contributed by atoms with Gasteiger partial charge in [0.1, 0.15) is 11.5 Å². The largest absolute Gasteiger partial charge is 0.493 e. The monoisotopic (exact) mass is 340 g/mol. The first kappa shape index (κ1) is 18.5. The van der Waals surface area contributed by atoms with E-state index in [-0.39, 0.29) is 12.5 Å². The van der Waals surface area contributed by atoms with Gasteiger partial charge in [-0.05, 0) is 36.6 Å². The first-order chi connectivity index (χ1) is 12.1. The van der Waals surface area contributed by atoms with Gasteiger partial charge in [0.25, 0.3) is 5.91 Å². The van der Waals surface area contributed by atoms with Crippen LogP contribution in [-0.2, 0) is 4.79 Å². The molecular formula is C20H24N2O3. The van der Waals surface area contributed by atoms with Crippen LogP contribution in [-0.4, -0.2) is 25.3 Å². The predicted molar refractivity (Wildman–Crippen MR) is 99.4 cm³/mol. The maximum absolute atomic E-state index is 11.9. The van der Waals surface area contributed by atoms with E-state index in [1.165, 1.54) is 0 Å². The molecule has 2 rings (SSSR count). The van der Waals surface area contributed by atoms with Gasteiger partial charge in [0, 0.05) is 5.56 Å². The highest BCUT2D eigenvalue weighted by Gasteiger charge is 2.08. The van der Waals surface area contributed by atoms with E-state index in [2.05, 4.69) is 24.4 Å². The number of nitrogens with zero attached hydrogens (tertiary/aromatic N) is 1. The van der Waals surface area contributed by atoms with Crippen molar-refractivity contribution in [2.45, 2.75) is 26.7 Å². The van der Waals surface area contributed by atoms with E-state index in [1.807, 2.05) is 55.5 Å². The number of amides is 1. The van der Waals surface area contributed by atoms with E-state index >= 15 is 0 Å². The number of rotatable bonds is 8. The molecule has 2 aromatic rings. The van der Waals surface area contributed by atoms with Crippen LogP contribution < -0.4 is 14.9 Å². The molecule has 25 heavy (non-hydrogen) atoms. The summed E-state index contributed by atoms with van der Waals surface area (Å²) in [5.74, 6) is 1.46. The molecule has 0 aliphatic carbocycles. The van der Waals surface area contributed by atoms with Gasteiger partial charge in [0.05, 0.1) is 12.8 Å². The minimum absolute atomic E-state index is 0.0891. The quantitative estimate of drug-likeness (QED) is 0.588. The second kappa shape index (κ2) is 9.47. The molecule has 0 aromatic heterocycles. The van der Waals surface area contributed by atoms with E-state index in [1.54, 1.807) is 6.21 Å². The number of carbonyl (C=O) groups is 1. The molecule has 5 heteroatoms. The highest BCUT2D eigenvalue weighted by molar-refractivity contribution is 5.85. The SMILES string of the molecule is CCOc1ccccc1/C=N/NC(=O)COc1ccccc1C(C)C. The third-order valence-corrected chi connectivity index (χ3v) is 3.51. The number of nitrogens with one attached hydrogen (secondary N) is 1. The molecule has 0 saturated heterocycles. The Morgan fingerprint density at radius 2 is 1.76 bits per heavy atom. The standard InChI is InChI=1S/C20H24N2O3/c1-4-24-18-11-7-5-9-16(18)13-21-22-20(23)14-25-19-12-8-6-10-17(19)15(2)3/h5-13,15H,4,14H2,1-3H3,(H,22,23)/b21-13+. The molecule has 0 fully saturated rings. The van der Waals surface area contributed by atoms with Gasteiger partial charge in [-0.1, -0.05) is 44.2 Å². The molecular weight excluding hydrogens is 316 g/mol. The molecule has 5 nitrogen and oxygen atoms in total. The lowest BCUT2D eigenvalue weighted by Crippen LogP contribution is -2.25. The Morgan fingerprint density at radius 3 is 2.48 bits per heavy atom. The summed E-state index contributed by atoms with van der Waals surface area (Å²) in [6, 6.07) is 15.2. The van der Waals surface area contributed by atoms with Crippen molar-refractivity contribution < 1.29 is 14.3 Å². The molecule has 0 spiro atoms. The number of carbonyl (C=O) groups excluding carboxylic acids is 1. The van der Waals surface area contributed by atoms with Crippen molar-refractivity contribution in [3.8, 4) is 11.5 Å². The van der Waals surface area contributed by atoms with Gasteiger partial charge >= 0.3 is 0 Å². The Morgan fingerprint density at radius 1 is 1.08 bits per heavy atom. The van der Waals surface area contributed by atoms with Crippen LogP contribution in [0.1, 0.15) is 37.8 Å². The molecule has 0 saturated carbocycles. The van der Waals surface area contributed by atoms with Gasteiger partial charge < -0.3 is 9.47 Å². The van der Waals surface area contributed by atoms with Gasteiger partial charge in [-0.15, -0.1) is 0 Å². The minimum atomic E-state index is -0.316. The van der Waals surface area contributed by atoms with Gasteiger partial charge in [0.15, 0.2) is 6.61 Å². The molecule has 1 amide bonds. The van der Waals surface area contributed by atoms with Crippen LogP contribution in [0, 0.1) is 0 Å². The summed E-state index contributed by atoms with van der Waals surface area (Å²) >= 11 is 0. The van der Waals surface area contributed by atoms with Crippen molar-refractivity contribution in [3.63, 3.8) is 0 Å². The summed E-state index contributed by atoms with van der Waals surface area (Å²) in [7, 11) is 0. The van der Waals surface area contributed by atoms with Crippen LogP contribution in [0.3, 0.4) is 0 Å². The van der Waals surface area contributed by atoms with E-state index in [0.717, 1.165) is 22.6 Å². The van der Waals surface area contributed by atoms with Gasteiger partial charge in [-0.3, -0.25) is 4.79 Å². The Balaban J connectivity index is 1.89. The van der Waals surface area contributed by atoms with Crippen LogP contribution in [0.5, 0.6) is 11.5 Å². The second-order valence-electron chi connectivity index (χ2n) is 5.75. The fourth-order valence-electron chi connectivity index (χ4n) is 2.31. The summed E-state index contributed by atoms with van der Waals surface area (Å²) in [6.07, 6.45) is 1.56. The van der Waals surface area contributed by atoms with Crippen molar-refractivity contribution >= 4 is 12.1 Å². The maximum Gasteiger partial charge on any atom is 0.277 e. The molecule has 0 aliphatic rings. The van der Waals surface area contributed by atoms with Gasteiger partial charge in [0.2, 0.25) is 0 Å². The summed E-state index contributed by atoms with van der Waals surface area (Å²) in [6.45, 7) is 6.57. The van der Waals surface area contributed by atoms with E-state index < -0.39 is 0 Å². The van der Waals surface area contributed by atoms with Crippen LogP contribution in [0.15, 0.2) is 53.6 Å². The molecule has 0 radical (unpaired) electrons. The Hall–Kier alpha value is -2.82. The molecule has 0 heterocycles. The lowest BCUT2D eigenvalue weighted by molar-refractivity contribution is -0.123. The topological polar surface area (TPSA) is 59.9 Å². The maximum atomic E-state index is 11.9. The Kier molecular flexibility index (Phi) is 7.01. The van der Waals surface area contributed by atoms with E-state index in [0.29, 0.717) is 12.5 Å². The first-order valence-electron chi connectivity index (χ1n) is 8.37. The smallest absolute Gasteiger partial charge is 0.277 e. The third kappa shape index (κ3) is 5.64. The third-order valence-electron chi connectivity index (χ3n) is 3.51. The summed E-state index contributed by atoms with van der Waals surface area (Å²) in [5, 5.41) is 3.97. The average Bonchev–Trinajstić information content (AvgIpc) is 2.62. The lowest BCUT2D eigenvalue weighted by Gasteiger charge is -2.13. The normalized spacial score (nSPS) is 10.9. The van der Waals surface area contributed by atoms with E-state index in [9.17, 15) is 4.79 Å². The number of ether oxygens (including phenoxy) is 2. The number of hydrazone groups is 1. The zero-order valence-electron chi connectivity index (χ0n) is 14.9. The van der Waals surface area contributed by atoms with Gasteiger partial charge in [-0.2, -0.15) is 5.10 Å². The fourth-order valence-corrected chi connectivity index (χ4v) is 2.31. The van der Waals surface area contributed by atoms with Crippen LogP contribution in [0.4, 0.5) is 0 Å². The molecule has 2 aromatic carbocycles. The van der Waals surface area contributed by atoms with Crippen molar-refractivity contribution in [1.82, 2.24) is 5.43 Å². The highest BCUT2D eigenvalue weighted by Crippen LogP contribution is 2.25. The Bertz CT molecular complexity index is 726. The molecule has 0 bridgehead atoms. The van der Waals surface area contributed by atoms with Crippen LogP contribution in [0.25, 0.3) is 0 Å². The zero-order chi connectivity index (χ0) is 18.1. The predicted octanol–water partition coefficient (Wildman–Crippen LogP) is 3.74. The van der Waals surface area contributed by atoms with E-state index in [4.69, 9.17) is 9.47 Å². The molecule has 0 atom stereocenters. The zero-order valence-corrected chi connectivity index (χ0v) is 14.9. The van der Waals surface area contributed by atoms with Crippen molar-refractivity contribution in [1.29, 1.82) is 0 Å². The lowest BCUT2D eigenvalue weighted by atomic mass is 10.0. The summed E-state index contributed by atoms with van der Waals surface area (Å²) < 4.78 is 11.1. The number of benzene rings is 2. The number of hydrogen-bond acceptors (Lipinski definition) is 4. The van der Waals surface area contributed by atoms with Crippen LogP contribution >= 0.6 is 0 Å². The number of hydrogen-bond donors (Lipinski definition) is 1. The Labute approximate surface area is 148 Å². The second-order valence-corrected chi connectivity index (χ2v) is 5.75.